The number of anilines is 2. The second-order valence-corrected chi connectivity index (χ2v) is 8.94. The number of rotatable bonds is 5. The molecule has 2 heterocycles. The van der Waals surface area contributed by atoms with Crippen LogP contribution in [0.5, 0.6) is 5.75 Å². The van der Waals surface area contributed by atoms with Gasteiger partial charge >= 0.3 is 0 Å². The number of hydrogen-bond acceptors (Lipinski definition) is 5. The van der Waals surface area contributed by atoms with E-state index < -0.39 is 17.7 Å². The van der Waals surface area contributed by atoms with Crippen molar-refractivity contribution in [3.05, 3.63) is 95.1 Å². The van der Waals surface area contributed by atoms with Crippen molar-refractivity contribution in [3.8, 4) is 5.75 Å². The molecule has 0 spiro atoms. The van der Waals surface area contributed by atoms with Crippen LogP contribution in [0, 0.1) is 6.92 Å². The van der Waals surface area contributed by atoms with Crippen LogP contribution < -0.4 is 14.5 Å². The first kappa shape index (κ1) is 22.7. The highest BCUT2D eigenvalue weighted by Crippen LogP contribution is 2.44. The van der Waals surface area contributed by atoms with E-state index in [1.54, 1.807) is 24.3 Å². The molecule has 6 nitrogen and oxygen atoms in total. The second-order valence-electron chi connectivity index (χ2n) is 8.94. The first-order chi connectivity index (χ1) is 17.0. The molecule has 0 aromatic heterocycles. The van der Waals surface area contributed by atoms with Crippen molar-refractivity contribution in [2.24, 2.45) is 0 Å². The Balaban J connectivity index is 1.66. The molecular weight excluding hydrogens is 440 g/mol. The third-order valence-electron chi connectivity index (χ3n) is 6.89. The molecule has 35 heavy (non-hydrogen) atoms. The highest BCUT2D eigenvalue weighted by Gasteiger charge is 2.47. The van der Waals surface area contributed by atoms with Crippen LogP contribution >= 0.6 is 0 Å². The molecule has 0 radical (unpaired) electrons. The summed E-state index contributed by atoms with van der Waals surface area (Å²) in [5.41, 5.74) is 3.84. The van der Waals surface area contributed by atoms with Crippen molar-refractivity contribution in [2.75, 3.05) is 30.0 Å². The molecule has 178 valence electrons. The summed E-state index contributed by atoms with van der Waals surface area (Å²) < 4.78 is 5.42. The van der Waals surface area contributed by atoms with Crippen molar-refractivity contribution in [1.82, 2.24) is 0 Å². The van der Waals surface area contributed by atoms with Gasteiger partial charge in [-0.3, -0.25) is 14.5 Å². The van der Waals surface area contributed by atoms with Crippen molar-refractivity contribution in [2.45, 2.75) is 25.8 Å². The summed E-state index contributed by atoms with van der Waals surface area (Å²) in [6.45, 7) is 3.98. The first-order valence-corrected chi connectivity index (χ1v) is 11.9. The van der Waals surface area contributed by atoms with E-state index >= 15 is 0 Å². The van der Waals surface area contributed by atoms with Gasteiger partial charge in [0.2, 0.25) is 0 Å². The number of benzene rings is 3. The molecule has 1 unspecified atom stereocenters. The fraction of sp³-hybridized carbons (Fsp3) is 0.241. The summed E-state index contributed by atoms with van der Waals surface area (Å²) in [5.74, 6) is -1.20. The number of para-hydroxylation sites is 1. The average molecular weight is 469 g/mol. The Hall–Kier alpha value is -4.06. The standard InChI is InChI=1S/C29H28N2O4/c1-19-9-3-4-10-22(19)26-25(27(32)23-11-5-6-12-24(23)35-2)28(33)29(34)31(26)21-15-13-20(14-16-21)30-17-7-8-18-30/h3-6,9-16,26,32H,7-8,17-18H2,1-2H3/b27-25+. The largest absolute Gasteiger partial charge is 0.507 e. The SMILES string of the molecule is COc1ccccc1/C(O)=C1\C(=O)C(=O)N(c2ccc(N3CCCC3)cc2)C1c1ccccc1C. The van der Waals surface area contributed by atoms with Gasteiger partial charge in [0.1, 0.15) is 11.5 Å². The highest BCUT2D eigenvalue weighted by molar-refractivity contribution is 6.51. The molecule has 0 aliphatic carbocycles. The van der Waals surface area contributed by atoms with E-state index in [-0.39, 0.29) is 11.3 Å². The van der Waals surface area contributed by atoms with Crippen molar-refractivity contribution in [3.63, 3.8) is 0 Å². The van der Waals surface area contributed by atoms with E-state index in [2.05, 4.69) is 4.90 Å². The number of aliphatic hydroxyl groups is 1. The number of methoxy groups -OCH3 is 1. The van der Waals surface area contributed by atoms with Gasteiger partial charge in [-0.1, -0.05) is 36.4 Å². The van der Waals surface area contributed by atoms with Crippen molar-refractivity contribution < 1.29 is 19.4 Å². The van der Waals surface area contributed by atoms with E-state index in [0.717, 1.165) is 29.9 Å². The maximum absolute atomic E-state index is 13.4. The summed E-state index contributed by atoms with van der Waals surface area (Å²) in [5, 5.41) is 11.4. The molecule has 1 N–H and O–H groups in total. The van der Waals surface area contributed by atoms with E-state index in [0.29, 0.717) is 17.0 Å². The van der Waals surface area contributed by atoms with Gasteiger partial charge in [0.15, 0.2) is 0 Å². The molecule has 0 saturated carbocycles. The van der Waals surface area contributed by atoms with Crippen molar-refractivity contribution >= 4 is 28.8 Å². The Labute approximate surface area is 205 Å². The Morgan fingerprint density at radius 2 is 1.51 bits per heavy atom. The molecule has 3 aromatic carbocycles. The molecule has 2 saturated heterocycles. The third kappa shape index (κ3) is 3.95. The van der Waals surface area contributed by atoms with Crippen LogP contribution in [0.15, 0.2) is 78.4 Å². The lowest BCUT2D eigenvalue weighted by Crippen LogP contribution is -2.29. The molecule has 6 heteroatoms. The van der Waals surface area contributed by atoms with Crippen LogP contribution in [0.4, 0.5) is 11.4 Å². The lowest BCUT2D eigenvalue weighted by molar-refractivity contribution is -0.132. The zero-order valence-electron chi connectivity index (χ0n) is 19.9. The predicted octanol–water partition coefficient (Wildman–Crippen LogP) is 5.23. The predicted molar refractivity (Wildman–Crippen MR) is 137 cm³/mol. The molecule has 3 aromatic rings. The van der Waals surface area contributed by atoms with E-state index in [9.17, 15) is 14.7 Å². The van der Waals surface area contributed by atoms with E-state index in [1.165, 1.54) is 24.9 Å². The third-order valence-corrected chi connectivity index (χ3v) is 6.89. The number of hydrogen-bond donors (Lipinski definition) is 1. The van der Waals surface area contributed by atoms with Gasteiger partial charge in [-0.2, -0.15) is 0 Å². The van der Waals surface area contributed by atoms with Gasteiger partial charge < -0.3 is 14.7 Å². The minimum atomic E-state index is -0.765. The maximum Gasteiger partial charge on any atom is 0.300 e. The topological polar surface area (TPSA) is 70.1 Å². The molecular formula is C29H28N2O4. The van der Waals surface area contributed by atoms with Gasteiger partial charge in [0, 0.05) is 24.5 Å². The molecule has 0 bridgehead atoms. The quantitative estimate of drug-likeness (QED) is 0.315. The number of amides is 1. The zero-order chi connectivity index (χ0) is 24.5. The second kappa shape index (κ2) is 9.29. The molecule has 2 fully saturated rings. The fourth-order valence-electron chi connectivity index (χ4n) is 5.07. The number of nitrogens with zero attached hydrogens (tertiary/aromatic N) is 2. The van der Waals surface area contributed by atoms with E-state index in [4.69, 9.17) is 4.74 Å². The Kier molecular flexibility index (Phi) is 6.03. The highest BCUT2D eigenvalue weighted by atomic mass is 16.5. The molecule has 5 rings (SSSR count). The molecule has 1 atom stereocenters. The number of Topliss-reactive ketones (excluding diaryl/α,β-unsaturated/α-hetero) is 1. The monoisotopic (exact) mass is 468 g/mol. The lowest BCUT2D eigenvalue weighted by Gasteiger charge is -2.27. The zero-order valence-corrected chi connectivity index (χ0v) is 19.9. The summed E-state index contributed by atoms with van der Waals surface area (Å²) >= 11 is 0. The normalized spacial score (nSPS) is 19.4. The Morgan fingerprint density at radius 3 is 2.20 bits per heavy atom. The Morgan fingerprint density at radius 1 is 0.886 bits per heavy atom. The van der Waals surface area contributed by atoms with Gasteiger partial charge in [-0.05, 0) is 67.3 Å². The van der Waals surface area contributed by atoms with Crippen LogP contribution in [0.3, 0.4) is 0 Å². The van der Waals surface area contributed by atoms with Crippen LogP contribution in [0.2, 0.25) is 0 Å². The number of ether oxygens (including phenoxy) is 1. The number of carbonyl (C=O) groups excluding carboxylic acids is 2. The van der Waals surface area contributed by atoms with Gasteiger partial charge in [-0.15, -0.1) is 0 Å². The molecule has 2 aliphatic heterocycles. The van der Waals surface area contributed by atoms with E-state index in [1.807, 2.05) is 55.5 Å². The number of carbonyl (C=O) groups is 2. The molecule has 1 amide bonds. The average Bonchev–Trinajstić information content (AvgIpc) is 3.51. The van der Waals surface area contributed by atoms with Crippen molar-refractivity contribution in [1.29, 1.82) is 0 Å². The van der Waals surface area contributed by atoms with Crippen LogP contribution in [-0.4, -0.2) is 37.0 Å². The maximum atomic E-state index is 13.4. The van der Waals surface area contributed by atoms with Crippen LogP contribution in [-0.2, 0) is 9.59 Å². The Bertz CT molecular complexity index is 1310. The number of ketones is 1. The smallest absolute Gasteiger partial charge is 0.300 e. The van der Waals surface area contributed by atoms with Crippen LogP contribution in [0.25, 0.3) is 5.76 Å². The summed E-state index contributed by atoms with van der Waals surface area (Å²) in [6, 6.07) is 21.6. The van der Waals surface area contributed by atoms with Crippen LogP contribution in [0.1, 0.15) is 35.6 Å². The summed E-state index contributed by atoms with van der Waals surface area (Å²) in [7, 11) is 1.51. The minimum absolute atomic E-state index is 0.0532. The summed E-state index contributed by atoms with van der Waals surface area (Å²) in [6.07, 6.45) is 2.35. The van der Waals surface area contributed by atoms with Gasteiger partial charge in [0.05, 0.1) is 24.3 Å². The minimum Gasteiger partial charge on any atom is -0.507 e. The van der Waals surface area contributed by atoms with Gasteiger partial charge in [0.25, 0.3) is 11.7 Å². The number of aryl methyl sites for hydroxylation is 1. The lowest BCUT2D eigenvalue weighted by atomic mass is 9.92. The fourth-order valence-corrected chi connectivity index (χ4v) is 5.07. The summed E-state index contributed by atoms with van der Waals surface area (Å²) in [4.78, 5) is 30.7. The first-order valence-electron chi connectivity index (χ1n) is 11.9. The number of aliphatic hydroxyl groups excluding tert-OH is 1. The van der Waals surface area contributed by atoms with Gasteiger partial charge in [-0.25, -0.2) is 0 Å². The molecule has 2 aliphatic rings.